The Morgan fingerprint density at radius 3 is 2.46 bits per heavy atom. The summed E-state index contributed by atoms with van der Waals surface area (Å²) in [5.74, 6) is -0.641. The van der Waals surface area contributed by atoms with Gasteiger partial charge in [-0.1, -0.05) is 12.1 Å². The second-order valence-corrected chi connectivity index (χ2v) is 4.74. The van der Waals surface area contributed by atoms with Gasteiger partial charge in [0.25, 0.3) is 5.91 Å². The van der Waals surface area contributed by atoms with E-state index >= 15 is 0 Å². The summed E-state index contributed by atoms with van der Waals surface area (Å²) in [5, 5.41) is 7.66. The molecule has 0 radical (unpaired) electrons. The third-order valence-corrected chi connectivity index (χ3v) is 3.03. The van der Waals surface area contributed by atoms with Crippen LogP contribution in [0.5, 0.6) is 0 Å². The van der Waals surface area contributed by atoms with Gasteiger partial charge in [0.15, 0.2) is 5.76 Å². The van der Waals surface area contributed by atoms with Gasteiger partial charge in [-0.15, -0.1) is 0 Å². The summed E-state index contributed by atoms with van der Waals surface area (Å²) in [6.45, 7) is 0.0828. The SMILES string of the molecule is COC(=O)CNC(=O)NCc1ccc(NC(=O)c2ccco2)cc1. The fraction of sp³-hybridized carbons (Fsp3) is 0.188. The number of benzene rings is 1. The summed E-state index contributed by atoms with van der Waals surface area (Å²) in [4.78, 5) is 34.2. The Labute approximate surface area is 138 Å². The molecular weight excluding hydrogens is 314 g/mol. The molecule has 3 amide bonds. The molecular formula is C16H17N3O5. The zero-order valence-corrected chi connectivity index (χ0v) is 13.0. The quantitative estimate of drug-likeness (QED) is 0.695. The van der Waals surface area contributed by atoms with Crippen LogP contribution in [-0.4, -0.2) is 31.6 Å². The first-order valence-corrected chi connectivity index (χ1v) is 7.11. The minimum atomic E-state index is -0.526. The first-order valence-electron chi connectivity index (χ1n) is 7.11. The maximum atomic E-state index is 11.8. The van der Waals surface area contributed by atoms with E-state index in [1.54, 1.807) is 36.4 Å². The molecule has 126 valence electrons. The van der Waals surface area contributed by atoms with E-state index in [9.17, 15) is 14.4 Å². The van der Waals surface area contributed by atoms with Gasteiger partial charge in [0.2, 0.25) is 0 Å². The summed E-state index contributed by atoms with van der Waals surface area (Å²) in [6.07, 6.45) is 1.43. The predicted molar refractivity (Wildman–Crippen MR) is 85.4 cm³/mol. The summed E-state index contributed by atoms with van der Waals surface area (Å²) >= 11 is 0. The van der Waals surface area contributed by atoms with Gasteiger partial charge in [-0.3, -0.25) is 9.59 Å². The summed E-state index contributed by atoms with van der Waals surface area (Å²) < 4.78 is 9.42. The van der Waals surface area contributed by atoms with Crippen LogP contribution in [0, 0.1) is 0 Å². The number of hydrogen-bond donors (Lipinski definition) is 3. The van der Waals surface area contributed by atoms with E-state index in [1.165, 1.54) is 13.4 Å². The van der Waals surface area contributed by atoms with Crippen molar-refractivity contribution in [3.05, 3.63) is 54.0 Å². The van der Waals surface area contributed by atoms with Crippen molar-refractivity contribution in [2.45, 2.75) is 6.54 Å². The molecule has 0 aliphatic carbocycles. The van der Waals surface area contributed by atoms with Gasteiger partial charge in [-0.25, -0.2) is 4.79 Å². The van der Waals surface area contributed by atoms with E-state index in [0.29, 0.717) is 5.69 Å². The number of methoxy groups -OCH3 is 1. The van der Waals surface area contributed by atoms with Crippen LogP contribution >= 0.6 is 0 Å². The topological polar surface area (TPSA) is 110 Å². The number of nitrogens with one attached hydrogen (secondary N) is 3. The minimum Gasteiger partial charge on any atom is -0.468 e. The lowest BCUT2D eigenvalue weighted by atomic mass is 10.2. The van der Waals surface area contributed by atoms with Gasteiger partial charge in [0, 0.05) is 12.2 Å². The Morgan fingerprint density at radius 1 is 1.08 bits per heavy atom. The van der Waals surface area contributed by atoms with Crippen LogP contribution in [0.3, 0.4) is 0 Å². The van der Waals surface area contributed by atoms with Gasteiger partial charge in [-0.2, -0.15) is 0 Å². The molecule has 8 nitrogen and oxygen atoms in total. The summed E-state index contributed by atoms with van der Waals surface area (Å²) in [6, 6.07) is 9.68. The highest BCUT2D eigenvalue weighted by atomic mass is 16.5. The number of carbonyl (C=O) groups is 3. The molecule has 0 aliphatic rings. The molecule has 8 heteroatoms. The molecule has 24 heavy (non-hydrogen) atoms. The van der Waals surface area contributed by atoms with Crippen molar-refractivity contribution < 1.29 is 23.5 Å². The average Bonchev–Trinajstić information content (AvgIpc) is 3.13. The number of rotatable bonds is 6. The molecule has 2 rings (SSSR count). The highest BCUT2D eigenvalue weighted by Crippen LogP contribution is 2.11. The van der Waals surface area contributed by atoms with Crippen LogP contribution in [-0.2, 0) is 16.1 Å². The van der Waals surface area contributed by atoms with Crippen molar-refractivity contribution >= 4 is 23.6 Å². The molecule has 0 saturated carbocycles. The molecule has 1 aromatic heterocycles. The van der Waals surface area contributed by atoms with Gasteiger partial charge in [-0.05, 0) is 29.8 Å². The molecule has 0 bridgehead atoms. The molecule has 3 N–H and O–H groups in total. The van der Waals surface area contributed by atoms with E-state index < -0.39 is 12.0 Å². The van der Waals surface area contributed by atoms with Crippen molar-refractivity contribution in [3.8, 4) is 0 Å². The third kappa shape index (κ3) is 5.16. The number of anilines is 1. The molecule has 0 aliphatic heterocycles. The van der Waals surface area contributed by atoms with Crippen molar-refractivity contribution in [3.63, 3.8) is 0 Å². The Hall–Kier alpha value is -3.29. The third-order valence-electron chi connectivity index (χ3n) is 3.03. The molecule has 0 unspecified atom stereocenters. The maximum Gasteiger partial charge on any atom is 0.325 e. The lowest BCUT2D eigenvalue weighted by molar-refractivity contribution is -0.139. The van der Waals surface area contributed by atoms with Gasteiger partial charge in [0.1, 0.15) is 6.54 Å². The van der Waals surface area contributed by atoms with Gasteiger partial charge < -0.3 is 25.1 Å². The number of furan rings is 1. The normalized spacial score (nSPS) is 9.88. The van der Waals surface area contributed by atoms with Crippen LogP contribution in [0.25, 0.3) is 0 Å². The van der Waals surface area contributed by atoms with Crippen LogP contribution in [0.2, 0.25) is 0 Å². The van der Waals surface area contributed by atoms with E-state index in [2.05, 4.69) is 20.7 Å². The zero-order chi connectivity index (χ0) is 17.4. The second-order valence-electron chi connectivity index (χ2n) is 4.74. The Balaban J connectivity index is 1.78. The Kier molecular flexibility index (Phi) is 5.95. The first kappa shape index (κ1) is 17.1. The molecule has 1 heterocycles. The number of urea groups is 1. The van der Waals surface area contributed by atoms with Crippen molar-refractivity contribution in [1.82, 2.24) is 10.6 Å². The Bertz CT molecular complexity index is 695. The molecule has 0 spiro atoms. The highest BCUT2D eigenvalue weighted by Gasteiger charge is 2.08. The number of hydrogen-bond acceptors (Lipinski definition) is 5. The van der Waals surface area contributed by atoms with Crippen LogP contribution in [0.4, 0.5) is 10.5 Å². The van der Waals surface area contributed by atoms with Crippen LogP contribution in [0.1, 0.15) is 16.1 Å². The molecule has 1 aromatic carbocycles. The monoisotopic (exact) mass is 331 g/mol. The highest BCUT2D eigenvalue weighted by molar-refractivity contribution is 6.02. The number of ether oxygens (including phenoxy) is 1. The van der Waals surface area contributed by atoms with Crippen molar-refractivity contribution in [2.24, 2.45) is 0 Å². The first-order chi connectivity index (χ1) is 11.6. The molecule has 0 atom stereocenters. The number of esters is 1. The summed E-state index contributed by atoms with van der Waals surface area (Å²) in [7, 11) is 1.24. The van der Waals surface area contributed by atoms with E-state index in [1.807, 2.05) is 0 Å². The van der Waals surface area contributed by atoms with Gasteiger partial charge >= 0.3 is 12.0 Å². The van der Waals surface area contributed by atoms with Gasteiger partial charge in [0.05, 0.1) is 13.4 Å². The Morgan fingerprint density at radius 2 is 1.83 bits per heavy atom. The standard InChI is InChI=1S/C16H17N3O5/c1-23-14(20)10-18-16(22)17-9-11-4-6-12(7-5-11)19-15(21)13-3-2-8-24-13/h2-8H,9-10H2,1H3,(H,19,21)(H2,17,18,22). The lowest BCUT2D eigenvalue weighted by Crippen LogP contribution is -2.38. The lowest BCUT2D eigenvalue weighted by Gasteiger charge is -2.08. The van der Waals surface area contributed by atoms with Crippen LogP contribution in [0.15, 0.2) is 47.1 Å². The number of amides is 3. The minimum absolute atomic E-state index is 0.194. The van der Waals surface area contributed by atoms with E-state index in [4.69, 9.17) is 4.42 Å². The maximum absolute atomic E-state index is 11.8. The van der Waals surface area contributed by atoms with Crippen molar-refractivity contribution in [1.29, 1.82) is 0 Å². The van der Waals surface area contributed by atoms with Crippen LogP contribution < -0.4 is 16.0 Å². The average molecular weight is 331 g/mol. The number of carbonyl (C=O) groups excluding carboxylic acids is 3. The van der Waals surface area contributed by atoms with Crippen molar-refractivity contribution in [2.75, 3.05) is 19.0 Å². The molecule has 0 fully saturated rings. The molecule has 2 aromatic rings. The second kappa shape index (κ2) is 8.37. The predicted octanol–water partition coefficient (Wildman–Crippen LogP) is 1.50. The van der Waals surface area contributed by atoms with E-state index in [0.717, 1.165) is 5.56 Å². The molecule has 0 saturated heterocycles. The smallest absolute Gasteiger partial charge is 0.325 e. The fourth-order valence-electron chi connectivity index (χ4n) is 1.78. The summed E-state index contributed by atoms with van der Waals surface area (Å²) in [5.41, 5.74) is 1.44. The largest absolute Gasteiger partial charge is 0.468 e. The van der Waals surface area contributed by atoms with E-state index in [-0.39, 0.29) is 24.8 Å². The fourth-order valence-corrected chi connectivity index (χ4v) is 1.78. The zero-order valence-electron chi connectivity index (χ0n) is 13.0.